The lowest BCUT2D eigenvalue weighted by atomic mass is 10.0. The third-order valence-corrected chi connectivity index (χ3v) is 8.66. The van der Waals surface area contributed by atoms with Crippen LogP contribution in [0.25, 0.3) is 22.2 Å². The number of hydrogen-bond donors (Lipinski definition) is 3. The molecule has 13 heteroatoms. The van der Waals surface area contributed by atoms with Crippen LogP contribution in [0.5, 0.6) is 11.5 Å². The molecular weight excluding hydrogens is 629 g/mol. The molecule has 1 aromatic heterocycles. The number of hydrogen-bond acceptors (Lipinski definition) is 10. The summed E-state index contributed by atoms with van der Waals surface area (Å²) in [4.78, 5) is 0.225. The van der Waals surface area contributed by atoms with Gasteiger partial charge in [0, 0.05) is 42.1 Å². The second-order valence-corrected chi connectivity index (χ2v) is 12.9. The summed E-state index contributed by atoms with van der Waals surface area (Å²) >= 11 is 13.4. The minimum absolute atomic E-state index is 0.101. The summed E-state index contributed by atoms with van der Waals surface area (Å²) < 4.78 is 40.7. The van der Waals surface area contributed by atoms with Crippen molar-refractivity contribution in [2.75, 3.05) is 19.4 Å². The molecule has 0 saturated heterocycles. The normalized spacial score (nSPS) is 12.4. The fourth-order valence-corrected chi connectivity index (χ4v) is 5.59. The maximum absolute atomic E-state index is 11.8. The van der Waals surface area contributed by atoms with E-state index in [0.29, 0.717) is 50.2 Å². The first-order valence-electron chi connectivity index (χ1n) is 13.5. The first kappa shape index (κ1) is 31.7. The molecule has 0 spiro atoms. The van der Waals surface area contributed by atoms with Gasteiger partial charge in [-0.1, -0.05) is 59.6 Å². The van der Waals surface area contributed by atoms with E-state index in [-0.39, 0.29) is 31.3 Å². The lowest BCUT2D eigenvalue weighted by Crippen LogP contribution is -2.29. The van der Waals surface area contributed by atoms with Crippen LogP contribution in [0.3, 0.4) is 0 Å². The van der Waals surface area contributed by atoms with Crippen molar-refractivity contribution >= 4 is 44.1 Å². The second-order valence-electron chi connectivity index (χ2n) is 10.1. The number of aromatic nitrogens is 2. The van der Waals surface area contributed by atoms with E-state index in [0.717, 1.165) is 22.9 Å². The fourth-order valence-electron chi connectivity index (χ4n) is 4.43. The topological polar surface area (TPSA) is 144 Å². The summed E-state index contributed by atoms with van der Waals surface area (Å²) in [6.07, 6.45) is 0.257. The highest BCUT2D eigenvalue weighted by Gasteiger charge is 2.16. The number of fused-ring (bicyclic) bond motifs is 1. The number of nitrogens with zero attached hydrogens (tertiary/aromatic N) is 2. The van der Waals surface area contributed by atoms with Gasteiger partial charge in [-0.2, -0.15) is 0 Å². The molecule has 0 aliphatic rings. The number of aliphatic hydroxyl groups is 2. The zero-order valence-corrected chi connectivity index (χ0v) is 25.9. The van der Waals surface area contributed by atoms with Crippen molar-refractivity contribution in [1.29, 1.82) is 0 Å². The number of halogens is 2. The Labute approximate surface area is 264 Å². The van der Waals surface area contributed by atoms with Gasteiger partial charge in [-0.3, -0.25) is 0 Å². The van der Waals surface area contributed by atoms with Crippen LogP contribution in [0, 0.1) is 0 Å². The van der Waals surface area contributed by atoms with E-state index < -0.39 is 15.9 Å². The largest absolute Gasteiger partial charge is 0.488 e. The summed E-state index contributed by atoms with van der Waals surface area (Å²) in [7, 11) is -3.32. The molecule has 0 bridgehead atoms. The number of aliphatic hydroxyl groups excluding tert-OH is 2. The Morgan fingerprint density at radius 3 is 2.41 bits per heavy atom. The van der Waals surface area contributed by atoms with Crippen molar-refractivity contribution in [3.05, 3.63) is 99.5 Å². The van der Waals surface area contributed by atoms with E-state index in [9.17, 15) is 13.5 Å². The van der Waals surface area contributed by atoms with E-state index in [1.807, 2.05) is 30.3 Å². The molecule has 0 fully saturated rings. The smallest absolute Gasteiger partial charge is 0.175 e. The number of ether oxygens (including phenoxy) is 2. The van der Waals surface area contributed by atoms with Gasteiger partial charge >= 0.3 is 0 Å². The molecule has 0 aliphatic heterocycles. The number of nitrogens with one attached hydrogen (secondary N) is 1. The molecule has 5 rings (SSSR count). The molecule has 0 saturated carbocycles. The van der Waals surface area contributed by atoms with E-state index in [4.69, 9.17) is 42.4 Å². The first-order valence-corrected chi connectivity index (χ1v) is 16.1. The van der Waals surface area contributed by atoms with Gasteiger partial charge < -0.3 is 25.0 Å². The minimum atomic E-state index is -3.32. The maximum atomic E-state index is 11.8. The lowest BCUT2D eigenvalue weighted by molar-refractivity contribution is 0.0941. The quantitative estimate of drug-likeness (QED) is 0.154. The molecular formula is C31H29Cl2N3O7S. The van der Waals surface area contributed by atoms with Crippen LogP contribution in [0.4, 0.5) is 0 Å². The number of benzene rings is 4. The molecule has 4 aromatic carbocycles. The molecule has 1 atom stereocenters. The van der Waals surface area contributed by atoms with Crippen molar-refractivity contribution < 1.29 is 32.7 Å². The Kier molecular flexibility index (Phi) is 10.0. The van der Waals surface area contributed by atoms with Gasteiger partial charge in [0.25, 0.3) is 0 Å². The zero-order valence-electron chi connectivity index (χ0n) is 23.5. The van der Waals surface area contributed by atoms with Gasteiger partial charge in [-0.15, -0.1) is 0 Å². The molecule has 10 nitrogen and oxygen atoms in total. The van der Waals surface area contributed by atoms with Gasteiger partial charge in [-0.25, -0.2) is 13.0 Å². The number of sulfone groups is 1. The maximum Gasteiger partial charge on any atom is 0.175 e. The average Bonchev–Trinajstić information content (AvgIpc) is 3.48. The summed E-state index contributed by atoms with van der Waals surface area (Å²) in [6.45, 7) is 0.433. The highest BCUT2D eigenvalue weighted by atomic mass is 35.5. The molecule has 0 aliphatic carbocycles. The van der Waals surface area contributed by atoms with Crippen LogP contribution in [0.2, 0.25) is 10.0 Å². The average molecular weight is 659 g/mol. The predicted octanol–water partition coefficient (Wildman–Crippen LogP) is 5.20. The summed E-state index contributed by atoms with van der Waals surface area (Å²) in [5.74, 6) is 0.871. The van der Waals surface area contributed by atoms with Crippen molar-refractivity contribution in [1.82, 2.24) is 15.6 Å². The molecule has 3 N–H and O–H groups in total. The highest BCUT2D eigenvalue weighted by Crippen LogP contribution is 2.36. The summed E-state index contributed by atoms with van der Waals surface area (Å²) in [5, 5.41) is 30.4. The molecule has 1 heterocycles. The van der Waals surface area contributed by atoms with Crippen LogP contribution in [0.1, 0.15) is 16.7 Å². The first-order chi connectivity index (χ1) is 21.1. The van der Waals surface area contributed by atoms with Gasteiger partial charge in [0.05, 0.1) is 27.7 Å². The molecule has 230 valence electrons. The fraction of sp³-hybridized carbons (Fsp3) is 0.226. The van der Waals surface area contributed by atoms with Crippen LogP contribution >= 0.6 is 23.2 Å². The minimum Gasteiger partial charge on any atom is -0.488 e. The zero-order chi connectivity index (χ0) is 31.3. The Balaban J connectivity index is 1.35. The summed E-state index contributed by atoms with van der Waals surface area (Å²) in [6, 6.07) is 20.9. The van der Waals surface area contributed by atoms with Crippen molar-refractivity contribution in [3.63, 3.8) is 0 Å². The van der Waals surface area contributed by atoms with Crippen molar-refractivity contribution in [2.24, 2.45) is 0 Å². The van der Waals surface area contributed by atoms with Gasteiger partial charge in [0.2, 0.25) is 0 Å². The SMILES string of the molecule is CS(=O)(=O)c1ccc(-c2cccc(COc3cc(OCc4ccc5nonc5c4)c(CNC[C@H](O)CO)cc3Cl)c2Cl)cc1. The third-order valence-electron chi connectivity index (χ3n) is 6.79. The second kappa shape index (κ2) is 13.9. The predicted molar refractivity (Wildman–Crippen MR) is 167 cm³/mol. The van der Waals surface area contributed by atoms with E-state index in [1.54, 1.807) is 42.5 Å². The van der Waals surface area contributed by atoms with Gasteiger partial charge in [0.1, 0.15) is 35.7 Å². The van der Waals surface area contributed by atoms with Gasteiger partial charge in [0.15, 0.2) is 9.84 Å². The van der Waals surface area contributed by atoms with Crippen LogP contribution in [-0.4, -0.2) is 54.5 Å². The molecule has 5 aromatic rings. The van der Waals surface area contributed by atoms with Crippen molar-refractivity contribution in [3.8, 4) is 22.6 Å². The highest BCUT2D eigenvalue weighted by molar-refractivity contribution is 7.90. The van der Waals surface area contributed by atoms with E-state index in [1.165, 1.54) is 0 Å². The lowest BCUT2D eigenvalue weighted by Gasteiger charge is -2.17. The Bertz CT molecular complexity index is 1860. The van der Waals surface area contributed by atoms with Crippen LogP contribution in [0.15, 0.2) is 82.3 Å². The molecule has 0 radical (unpaired) electrons. The third kappa shape index (κ3) is 7.68. The van der Waals surface area contributed by atoms with Gasteiger partial charge in [-0.05, 0) is 51.8 Å². The Hall–Kier alpha value is -3.71. The molecule has 0 amide bonds. The Morgan fingerprint density at radius 1 is 0.909 bits per heavy atom. The van der Waals surface area contributed by atoms with E-state index in [2.05, 4.69) is 15.6 Å². The van der Waals surface area contributed by atoms with Crippen molar-refractivity contribution in [2.45, 2.75) is 30.8 Å². The molecule has 0 unspecified atom stereocenters. The van der Waals surface area contributed by atoms with Crippen LogP contribution < -0.4 is 14.8 Å². The van der Waals surface area contributed by atoms with Crippen LogP contribution in [-0.2, 0) is 29.6 Å². The van der Waals surface area contributed by atoms with E-state index >= 15 is 0 Å². The Morgan fingerprint density at radius 2 is 1.66 bits per heavy atom. The molecule has 44 heavy (non-hydrogen) atoms. The monoisotopic (exact) mass is 657 g/mol. The number of rotatable bonds is 13. The summed E-state index contributed by atoms with van der Waals surface area (Å²) in [5.41, 5.74) is 5.00. The standard InChI is InChI=1S/C31H29Cl2N3O7S/c1-44(39,40)24-8-6-20(7-9-24)25-4-2-3-21(31(25)33)18-42-30-13-29(22(12-26(30)32)14-34-15-23(38)16-37)41-17-19-5-10-27-28(11-19)36-43-35-27/h2-13,23,34,37-38H,14-18H2,1H3/t23-/m0/s1.